The first kappa shape index (κ1) is 14.8. The summed E-state index contributed by atoms with van der Waals surface area (Å²) in [5.74, 6) is 0.373. The molecule has 0 saturated heterocycles. The lowest BCUT2D eigenvalue weighted by atomic mass is 10.00. The molecule has 0 saturated carbocycles. The van der Waals surface area contributed by atoms with Gasteiger partial charge >= 0.3 is 5.97 Å². The number of nitrogens with zero attached hydrogens (tertiary/aromatic N) is 1. The van der Waals surface area contributed by atoms with E-state index < -0.39 is 0 Å². The summed E-state index contributed by atoms with van der Waals surface area (Å²) in [6, 6.07) is 9.56. The molecule has 0 spiro atoms. The van der Waals surface area contributed by atoms with Crippen molar-refractivity contribution in [3.05, 3.63) is 54.4 Å². The molecule has 1 aromatic heterocycles. The van der Waals surface area contributed by atoms with Crippen LogP contribution in [0.25, 0.3) is 17.2 Å². The van der Waals surface area contributed by atoms with Crippen LogP contribution in [0.5, 0.6) is 5.75 Å². The zero-order valence-electron chi connectivity index (χ0n) is 12.1. The van der Waals surface area contributed by atoms with Gasteiger partial charge in [-0.25, -0.2) is 4.79 Å². The molecule has 0 radical (unpaired) electrons. The number of ether oxygens (including phenoxy) is 2. The molecule has 1 aromatic carbocycles. The van der Waals surface area contributed by atoms with Gasteiger partial charge in [0.25, 0.3) is 0 Å². The molecule has 4 nitrogen and oxygen atoms in total. The largest absolute Gasteiger partial charge is 0.497 e. The number of carbonyl (C=O) groups excluding carboxylic acids is 1. The number of rotatable bonds is 5. The van der Waals surface area contributed by atoms with Gasteiger partial charge in [-0.1, -0.05) is 6.07 Å². The van der Waals surface area contributed by atoms with Gasteiger partial charge in [0.05, 0.1) is 13.7 Å². The molecule has 0 atom stereocenters. The van der Waals surface area contributed by atoms with Crippen molar-refractivity contribution in [1.29, 1.82) is 0 Å². The Labute approximate surface area is 124 Å². The van der Waals surface area contributed by atoms with Crippen LogP contribution in [0.1, 0.15) is 12.5 Å². The maximum Gasteiger partial charge on any atom is 0.330 e. The average molecular weight is 283 g/mol. The topological polar surface area (TPSA) is 48.4 Å². The quantitative estimate of drug-likeness (QED) is 0.624. The lowest BCUT2D eigenvalue weighted by Gasteiger charge is -2.08. The van der Waals surface area contributed by atoms with Crippen LogP contribution in [0, 0.1) is 0 Å². The summed E-state index contributed by atoms with van der Waals surface area (Å²) < 4.78 is 10.1. The van der Waals surface area contributed by atoms with Crippen LogP contribution in [0.2, 0.25) is 0 Å². The Morgan fingerprint density at radius 2 is 2.00 bits per heavy atom. The van der Waals surface area contributed by atoms with Crippen molar-refractivity contribution < 1.29 is 14.3 Å². The first-order chi connectivity index (χ1) is 10.2. The highest BCUT2D eigenvalue weighted by Gasteiger charge is 2.05. The van der Waals surface area contributed by atoms with Gasteiger partial charge in [0, 0.05) is 18.5 Å². The summed E-state index contributed by atoms with van der Waals surface area (Å²) in [4.78, 5) is 15.5. The Hall–Kier alpha value is -2.62. The molecule has 0 N–H and O–H groups in total. The molecule has 0 fully saturated rings. The lowest BCUT2D eigenvalue weighted by Crippen LogP contribution is -1.98. The van der Waals surface area contributed by atoms with Crippen molar-refractivity contribution in [2.75, 3.05) is 13.7 Å². The highest BCUT2D eigenvalue weighted by Crippen LogP contribution is 2.28. The first-order valence-corrected chi connectivity index (χ1v) is 6.68. The normalized spacial score (nSPS) is 10.6. The minimum atomic E-state index is -0.360. The van der Waals surface area contributed by atoms with Crippen LogP contribution in [-0.4, -0.2) is 24.7 Å². The zero-order valence-corrected chi connectivity index (χ0v) is 12.1. The second-order valence-electron chi connectivity index (χ2n) is 4.27. The van der Waals surface area contributed by atoms with Gasteiger partial charge < -0.3 is 9.47 Å². The molecular formula is C17H17NO3. The number of benzene rings is 1. The van der Waals surface area contributed by atoms with Crippen LogP contribution in [0.3, 0.4) is 0 Å². The highest BCUT2D eigenvalue weighted by atomic mass is 16.5. The van der Waals surface area contributed by atoms with Crippen LogP contribution in [0.15, 0.2) is 48.8 Å². The Kier molecular flexibility index (Phi) is 5.10. The first-order valence-electron chi connectivity index (χ1n) is 6.68. The third kappa shape index (κ3) is 3.92. The smallest absolute Gasteiger partial charge is 0.330 e. The Morgan fingerprint density at radius 1 is 1.24 bits per heavy atom. The van der Waals surface area contributed by atoms with Crippen molar-refractivity contribution in [3.63, 3.8) is 0 Å². The van der Waals surface area contributed by atoms with E-state index in [-0.39, 0.29) is 5.97 Å². The minimum Gasteiger partial charge on any atom is -0.497 e. The molecule has 0 aliphatic rings. The number of esters is 1. The molecule has 21 heavy (non-hydrogen) atoms. The van der Waals surface area contributed by atoms with E-state index in [0.29, 0.717) is 6.61 Å². The van der Waals surface area contributed by atoms with Gasteiger partial charge in [-0.2, -0.15) is 0 Å². The van der Waals surface area contributed by atoms with E-state index in [1.807, 2.05) is 30.3 Å². The fraction of sp³-hybridized carbons (Fsp3) is 0.176. The maximum absolute atomic E-state index is 11.5. The van der Waals surface area contributed by atoms with Crippen LogP contribution in [0.4, 0.5) is 0 Å². The summed E-state index contributed by atoms with van der Waals surface area (Å²) in [5.41, 5.74) is 2.91. The Balaban J connectivity index is 2.39. The molecule has 0 aliphatic carbocycles. The molecule has 0 aliphatic heterocycles. The van der Waals surface area contributed by atoms with Gasteiger partial charge in [-0.05, 0) is 54.0 Å². The van der Waals surface area contributed by atoms with Gasteiger partial charge in [-0.3, -0.25) is 4.98 Å². The molecule has 1 heterocycles. The molecule has 0 amide bonds. The molecule has 0 bridgehead atoms. The number of pyridine rings is 1. The van der Waals surface area contributed by atoms with E-state index in [0.717, 1.165) is 22.4 Å². The SMILES string of the molecule is CCOC(=O)/C=C/c1cc(OC)ccc1-c1ccncc1. The third-order valence-electron chi connectivity index (χ3n) is 2.94. The zero-order chi connectivity index (χ0) is 15.1. The lowest BCUT2D eigenvalue weighted by molar-refractivity contribution is -0.137. The number of aromatic nitrogens is 1. The standard InChI is InChI=1S/C17H17NO3/c1-3-21-17(19)7-4-14-12-15(20-2)5-6-16(14)13-8-10-18-11-9-13/h4-12H,3H2,1-2H3/b7-4+. The van der Waals surface area contributed by atoms with E-state index >= 15 is 0 Å². The van der Waals surface area contributed by atoms with Crippen molar-refractivity contribution >= 4 is 12.0 Å². The predicted octanol–water partition coefficient (Wildman–Crippen LogP) is 3.33. The van der Waals surface area contributed by atoms with Crippen molar-refractivity contribution in [1.82, 2.24) is 4.98 Å². The van der Waals surface area contributed by atoms with E-state index in [9.17, 15) is 4.79 Å². The van der Waals surface area contributed by atoms with Crippen LogP contribution < -0.4 is 4.74 Å². The minimum absolute atomic E-state index is 0.360. The summed E-state index contributed by atoms with van der Waals surface area (Å²) in [5, 5.41) is 0. The number of hydrogen-bond donors (Lipinski definition) is 0. The number of carbonyl (C=O) groups is 1. The molecular weight excluding hydrogens is 266 g/mol. The number of methoxy groups -OCH3 is 1. The van der Waals surface area contributed by atoms with E-state index in [4.69, 9.17) is 9.47 Å². The van der Waals surface area contributed by atoms with E-state index in [2.05, 4.69) is 4.98 Å². The fourth-order valence-electron chi connectivity index (χ4n) is 1.95. The molecule has 108 valence electrons. The van der Waals surface area contributed by atoms with Gasteiger partial charge in [0.15, 0.2) is 0 Å². The highest BCUT2D eigenvalue weighted by molar-refractivity contribution is 5.89. The van der Waals surface area contributed by atoms with Crippen LogP contribution in [-0.2, 0) is 9.53 Å². The summed E-state index contributed by atoms with van der Waals surface area (Å²) >= 11 is 0. The third-order valence-corrected chi connectivity index (χ3v) is 2.94. The van der Waals surface area contributed by atoms with Gasteiger partial charge in [-0.15, -0.1) is 0 Å². The molecule has 0 unspecified atom stereocenters. The number of hydrogen-bond acceptors (Lipinski definition) is 4. The van der Waals surface area contributed by atoms with Crippen LogP contribution >= 0.6 is 0 Å². The fourth-order valence-corrected chi connectivity index (χ4v) is 1.95. The molecule has 2 aromatic rings. The van der Waals surface area contributed by atoms with E-state index in [1.165, 1.54) is 6.08 Å². The summed E-state index contributed by atoms with van der Waals surface area (Å²) in [6.07, 6.45) is 6.62. The summed E-state index contributed by atoms with van der Waals surface area (Å²) in [7, 11) is 1.61. The maximum atomic E-state index is 11.5. The molecule has 2 rings (SSSR count). The van der Waals surface area contributed by atoms with Crippen molar-refractivity contribution in [3.8, 4) is 16.9 Å². The van der Waals surface area contributed by atoms with E-state index in [1.54, 1.807) is 32.5 Å². The monoisotopic (exact) mass is 283 g/mol. The Morgan fingerprint density at radius 3 is 2.67 bits per heavy atom. The van der Waals surface area contributed by atoms with Gasteiger partial charge in [0.1, 0.15) is 5.75 Å². The Bertz CT molecular complexity index is 636. The second kappa shape index (κ2) is 7.24. The second-order valence-corrected chi connectivity index (χ2v) is 4.27. The predicted molar refractivity (Wildman–Crippen MR) is 81.9 cm³/mol. The summed E-state index contributed by atoms with van der Waals surface area (Å²) in [6.45, 7) is 2.14. The van der Waals surface area contributed by atoms with Crippen molar-refractivity contribution in [2.45, 2.75) is 6.92 Å². The molecule has 4 heteroatoms. The van der Waals surface area contributed by atoms with Crippen molar-refractivity contribution in [2.24, 2.45) is 0 Å². The average Bonchev–Trinajstić information content (AvgIpc) is 2.53. The van der Waals surface area contributed by atoms with Gasteiger partial charge in [0.2, 0.25) is 0 Å².